The van der Waals surface area contributed by atoms with Crippen LogP contribution in [0, 0.1) is 0 Å². The number of rotatable bonds is 6. The van der Waals surface area contributed by atoms with Crippen molar-refractivity contribution in [1.29, 1.82) is 0 Å². The van der Waals surface area contributed by atoms with Crippen LogP contribution in [0.2, 0.25) is 0 Å². The van der Waals surface area contributed by atoms with Gasteiger partial charge in [-0.1, -0.05) is 42.2 Å². The molecule has 1 atom stereocenters. The van der Waals surface area contributed by atoms with Crippen molar-refractivity contribution in [3.63, 3.8) is 0 Å². The van der Waals surface area contributed by atoms with E-state index in [0.29, 0.717) is 15.0 Å². The molecule has 3 rings (SSSR count). The Morgan fingerprint density at radius 2 is 2.18 bits per heavy atom. The maximum Gasteiger partial charge on any atom is 0.266 e. The minimum absolute atomic E-state index is 0.0266. The highest BCUT2D eigenvalue weighted by atomic mass is 32.2. The predicted octanol–water partition coefficient (Wildman–Crippen LogP) is 1.71. The van der Waals surface area contributed by atoms with Crippen LogP contribution in [0.1, 0.15) is 12.0 Å². The van der Waals surface area contributed by atoms with Gasteiger partial charge in [0.1, 0.15) is 10.1 Å². The summed E-state index contributed by atoms with van der Waals surface area (Å²) < 4.78 is 28.4. The van der Waals surface area contributed by atoms with Crippen LogP contribution in [0.3, 0.4) is 0 Å². The number of methoxy groups -OCH3 is 1. The second kappa shape index (κ2) is 8.46. The quantitative estimate of drug-likeness (QED) is 0.534. The number of para-hydroxylation sites is 1. The SMILES string of the molecule is COc1ccccc1/C=C1\SC(=S)N(CCC(=O)NC2C=CS(=O)(=O)C2)C1=O. The van der Waals surface area contributed by atoms with E-state index in [4.69, 9.17) is 17.0 Å². The number of ether oxygens (including phenoxy) is 1. The molecule has 2 heterocycles. The molecular weight excluding hydrogens is 420 g/mol. The van der Waals surface area contributed by atoms with Gasteiger partial charge in [0.05, 0.1) is 23.8 Å². The lowest BCUT2D eigenvalue weighted by Gasteiger charge is -2.15. The molecule has 0 spiro atoms. The lowest BCUT2D eigenvalue weighted by Crippen LogP contribution is -2.38. The number of sulfone groups is 1. The molecule has 2 aliphatic rings. The van der Waals surface area contributed by atoms with Crippen LogP contribution in [0.5, 0.6) is 5.75 Å². The molecule has 0 saturated carbocycles. The van der Waals surface area contributed by atoms with Gasteiger partial charge in [-0.05, 0) is 18.2 Å². The molecule has 0 radical (unpaired) electrons. The standard InChI is InChI=1S/C18H18N2O5S3/c1-25-14-5-3-2-4-12(14)10-15-17(22)20(18(26)27-15)8-6-16(21)19-13-7-9-28(23,24)11-13/h2-5,7,9-10,13H,6,8,11H2,1H3,(H,19,21)/b15-10-. The van der Waals surface area contributed by atoms with E-state index in [1.807, 2.05) is 18.2 Å². The highest BCUT2D eigenvalue weighted by Crippen LogP contribution is 2.34. The van der Waals surface area contributed by atoms with Crippen LogP contribution in [0.4, 0.5) is 0 Å². The number of thioether (sulfide) groups is 1. The molecule has 1 unspecified atom stereocenters. The Kier molecular flexibility index (Phi) is 6.21. The van der Waals surface area contributed by atoms with Crippen molar-refractivity contribution in [2.24, 2.45) is 0 Å². The Labute approximate surface area is 172 Å². The summed E-state index contributed by atoms with van der Waals surface area (Å²) in [6.45, 7) is 0.128. The summed E-state index contributed by atoms with van der Waals surface area (Å²) in [5.74, 6) is -0.0974. The Morgan fingerprint density at radius 1 is 1.43 bits per heavy atom. The number of hydrogen-bond acceptors (Lipinski definition) is 7. The van der Waals surface area contributed by atoms with Crippen molar-refractivity contribution in [3.05, 3.63) is 46.2 Å². The van der Waals surface area contributed by atoms with Crippen molar-refractivity contribution < 1.29 is 22.7 Å². The summed E-state index contributed by atoms with van der Waals surface area (Å²) in [7, 11) is -1.68. The van der Waals surface area contributed by atoms with Crippen molar-refractivity contribution in [2.45, 2.75) is 12.5 Å². The first-order valence-electron chi connectivity index (χ1n) is 8.38. The Hall–Kier alpha value is -2.17. The van der Waals surface area contributed by atoms with Gasteiger partial charge < -0.3 is 10.1 Å². The minimum Gasteiger partial charge on any atom is -0.496 e. The third kappa shape index (κ3) is 4.81. The number of benzene rings is 1. The number of carbonyl (C=O) groups excluding carboxylic acids is 2. The summed E-state index contributed by atoms with van der Waals surface area (Å²) in [4.78, 5) is 26.6. The van der Waals surface area contributed by atoms with Gasteiger partial charge in [0.25, 0.3) is 5.91 Å². The van der Waals surface area contributed by atoms with Crippen LogP contribution in [-0.2, 0) is 19.4 Å². The second-order valence-corrected chi connectivity index (χ2v) is 9.76. The van der Waals surface area contributed by atoms with Crippen LogP contribution in [0.15, 0.2) is 40.7 Å². The molecule has 2 amide bonds. The fourth-order valence-electron chi connectivity index (χ4n) is 2.78. The molecule has 0 aliphatic carbocycles. The molecule has 1 aromatic rings. The Morgan fingerprint density at radius 3 is 2.86 bits per heavy atom. The van der Waals surface area contributed by atoms with Crippen LogP contribution in [-0.4, -0.2) is 54.9 Å². The van der Waals surface area contributed by atoms with E-state index in [2.05, 4.69) is 5.32 Å². The molecule has 1 aromatic carbocycles. The number of amides is 2. The van der Waals surface area contributed by atoms with Gasteiger partial charge >= 0.3 is 0 Å². The number of thiocarbonyl (C=S) groups is 1. The van der Waals surface area contributed by atoms with E-state index in [1.165, 1.54) is 22.7 Å². The Balaban J connectivity index is 1.60. The largest absolute Gasteiger partial charge is 0.496 e. The summed E-state index contributed by atoms with van der Waals surface area (Å²) in [6.07, 6.45) is 3.19. The third-order valence-electron chi connectivity index (χ3n) is 4.14. The van der Waals surface area contributed by atoms with E-state index >= 15 is 0 Å². The predicted molar refractivity (Wildman–Crippen MR) is 112 cm³/mol. The van der Waals surface area contributed by atoms with Crippen molar-refractivity contribution >= 4 is 56.0 Å². The molecule has 2 aliphatic heterocycles. The van der Waals surface area contributed by atoms with Gasteiger partial charge in [0.2, 0.25) is 5.91 Å². The molecule has 148 valence electrons. The zero-order valence-electron chi connectivity index (χ0n) is 15.0. The highest BCUT2D eigenvalue weighted by molar-refractivity contribution is 8.26. The molecule has 1 saturated heterocycles. The summed E-state index contributed by atoms with van der Waals surface area (Å²) >= 11 is 6.44. The van der Waals surface area contributed by atoms with Gasteiger partial charge in [-0.3, -0.25) is 14.5 Å². The number of hydrogen-bond donors (Lipinski definition) is 1. The zero-order chi connectivity index (χ0) is 20.3. The normalized spacial score (nSPS) is 22.1. The number of carbonyl (C=O) groups is 2. The summed E-state index contributed by atoms with van der Waals surface area (Å²) in [6, 6.07) is 6.78. The van der Waals surface area contributed by atoms with E-state index in [9.17, 15) is 18.0 Å². The van der Waals surface area contributed by atoms with Crippen molar-refractivity contribution in [1.82, 2.24) is 10.2 Å². The fraction of sp³-hybridized carbons (Fsp3) is 0.278. The van der Waals surface area contributed by atoms with Gasteiger partial charge in [-0.25, -0.2) is 8.42 Å². The molecular formula is C18H18N2O5S3. The molecule has 0 aromatic heterocycles. The lowest BCUT2D eigenvalue weighted by molar-refractivity contribution is -0.124. The van der Waals surface area contributed by atoms with Gasteiger partial charge in [0.15, 0.2) is 9.84 Å². The first-order valence-corrected chi connectivity index (χ1v) is 11.3. The zero-order valence-corrected chi connectivity index (χ0v) is 17.4. The molecule has 10 heteroatoms. The second-order valence-electron chi connectivity index (χ2n) is 6.16. The average Bonchev–Trinajstić information content (AvgIpc) is 3.12. The third-order valence-corrected chi connectivity index (χ3v) is 6.91. The molecule has 1 N–H and O–H groups in total. The van der Waals surface area contributed by atoms with Crippen LogP contribution in [0.25, 0.3) is 6.08 Å². The maximum absolute atomic E-state index is 12.6. The first kappa shape index (κ1) is 20.6. The lowest BCUT2D eigenvalue weighted by atomic mass is 10.2. The molecule has 7 nitrogen and oxygen atoms in total. The monoisotopic (exact) mass is 438 g/mol. The smallest absolute Gasteiger partial charge is 0.266 e. The maximum atomic E-state index is 12.6. The van der Waals surface area contributed by atoms with Gasteiger partial charge in [-0.15, -0.1) is 0 Å². The van der Waals surface area contributed by atoms with Crippen molar-refractivity contribution in [3.8, 4) is 5.75 Å². The van der Waals surface area contributed by atoms with E-state index in [-0.39, 0.29) is 30.5 Å². The highest BCUT2D eigenvalue weighted by Gasteiger charge is 2.32. The first-order chi connectivity index (χ1) is 13.3. The van der Waals surface area contributed by atoms with Crippen molar-refractivity contribution in [2.75, 3.05) is 19.4 Å². The summed E-state index contributed by atoms with van der Waals surface area (Å²) in [5, 5.41) is 3.73. The van der Waals surface area contributed by atoms with E-state index in [1.54, 1.807) is 19.3 Å². The van der Waals surface area contributed by atoms with E-state index < -0.39 is 15.9 Å². The Bertz CT molecular complexity index is 985. The van der Waals surface area contributed by atoms with Crippen LogP contribution < -0.4 is 10.1 Å². The summed E-state index contributed by atoms with van der Waals surface area (Å²) in [5.41, 5.74) is 0.762. The topological polar surface area (TPSA) is 92.8 Å². The van der Waals surface area contributed by atoms with E-state index in [0.717, 1.165) is 11.0 Å². The average molecular weight is 439 g/mol. The number of nitrogens with zero attached hydrogens (tertiary/aromatic N) is 1. The minimum atomic E-state index is -3.23. The molecule has 0 bridgehead atoms. The fourth-order valence-corrected chi connectivity index (χ4v) is 5.31. The molecule has 1 fully saturated rings. The van der Waals surface area contributed by atoms with Crippen LogP contribution >= 0.6 is 24.0 Å². The molecule has 28 heavy (non-hydrogen) atoms. The van der Waals surface area contributed by atoms with Gasteiger partial charge in [-0.2, -0.15) is 0 Å². The van der Waals surface area contributed by atoms with Gasteiger partial charge in [0, 0.05) is 23.9 Å². The number of nitrogens with one attached hydrogen (secondary N) is 1.